The molecule has 1 unspecified atom stereocenters. The van der Waals surface area contributed by atoms with E-state index in [4.69, 9.17) is 0 Å². The number of nitrogens with one attached hydrogen (secondary N) is 2. The molecule has 1 aliphatic heterocycles. The van der Waals surface area contributed by atoms with Gasteiger partial charge in [-0.05, 0) is 19.4 Å². The summed E-state index contributed by atoms with van der Waals surface area (Å²) in [4.78, 5) is 28.1. The molecule has 1 fully saturated rings. The van der Waals surface area contributed by atoms with Crippen molar-refractivity contribution in [2.45, 2.75) is 32.9 Å². The minimum absolute atomic E-state index is 0.0513. The van der Waals surface area contributed by atoms with E-state index in [2.05, 4.69) is 20.4 Å². The van der Waals surface area contributed by atoms with Gasteiger partial charge in [-0.1, -0.05) is 25.1 Å². The van der Waals surface area contributed by atoms with Gasteiger partial charge in [-0.15, -0.1) is 0 Å². The smallest absolute Gasteiger partial charge is 0.234 e. The molecule has 0 radical (unpaired) electrons. The van der Waals surface area contributed by atoms with E-state index in [9.17, 15) is 14.0 Å². The highest BCUT2D eigenvalue weighted by Gasteiger charge is 2.21. The molecule has 1 heterocycles. The van der Waals surface area contributed by atoms with Gasteiger partial charge in [0.15, 0.2) is 0 Å². The summed E-state index contributed by atoms with van der Waals surface area (Å²) in [6.07, 6.45) is 0.918. The zero-order valence-corrected chi connectivity index (χ0v) is 15.6. The molecule has 1 aromatic rings. The number of nitrogens with zero attached hydrogens (tertiary/aromatic N) is 2. The maximum absolute atomic E-state index is 13.5. The summed E-state index contributed by atoms with van der Waals surface area (Å²) in [6.45, 7) is 7.92. The SMILES string of the molecule is CCC(C)NC(=O)CN1CCN(CC(=O)NCc2ccccc2F)CC1. The number of carbonyl (C=O) groups is 2. The topological polar surface area (TPSA) is 64.7 Å². The maximum atomic E-state index is 13.5. The van der Waals surface area contributed by atoms with E-state index in [-0.39, 0.29) is 30.2 Å². The highest BCUT2D eigenvalue weighted by Crippen LogP contribution is 2.06. The minimum atomic E-state index is -0.308. The van der Waals surface area contributed by atoms with Crippen molar-refractivity contribution < 1.29 is 14.0 Å². The van der Waals surface area contributed by atoms with Crippen LogP contribution in [-0.4, -0.2) is 66.9 Å². The van der Waals surface area contributed by atoms with Gasteiger partial charge in [-0.3, -0.25) is 19.4 Å². The first-order valence-electron chi connectivity index (χ1n) is 9.22. The van der Waals surface area contributed by atoms with Crippen molar-refractivity contribution in [1.82, 2.24) is 20.4 Å². The van der Waals surface area contributed by atoms with Gasteiger partial charge in [0.05, 0.1) is 13.1 Å². The molecule has 1 aliphatic rings. The van der Waals surface area contributed by atoms with Gasteiger partial charge in [0, 0.05) is 44.3 Å². The van der Waals surface area contributed by atoms with Crippen molar-refractivity contribution in [3.8, 4) is 0 Å². The number of benzene rings is 1. The number of rotatable bonds is 8. The second-order valence-corrected chi connectivity index (χ2v) is 6.80. The average molecular weight is 364 g/mol. The van der Waals surface area contributed by atoms with Crippen molar-refractivity contribution in [2.75, 3.05) is 39.3 Å². The molecule has 0 bridgehead atoms. The Morgan fingerprint density at radius 3 is 2.23 bits per heavy atom. The summed E-state index contributed by atoms with van der Waals surface area (Å²) in [5.41, 5.74) is 0.484. The highest BCUT2D eigenvalue weighted by molar-refractivity contribution is 5.78. The first-order valence-corrected chi connectivity index (χ1v) is 9.22. The van der Waals surface area contributed by atoms with E-state index in [1.165, 1.54) is 6.07 Å². The molecule has 1 saturated heterocycles. The summed E-state index contributed by atoms with van der Waals surface area (Å²) in [5, 5.41) is 5.73. The molecule has 0 saturated carbocycles. The van der Waals surface area contributed by atoms with Crippen LogP contribution in [0.1, 0.15) is 25.8 Å². The Morgan fingerprint density at radius 1 is 1.08 bits per heavy atom. The fourth-order valence-electron chi connectivity index (χ4n) is 2.83. The van der Waals surface area contributed by atoms with Gasteiger partial charge in [-0.2, -0.15) is 0 Å². The normalized spacial score (nSPS) is 16.9. The van der Waals surface area contributed by atoms with Crippen LogP contribution in [0.4, 0.5) is 4.39 Å². The van der Waals surface area contributed by atoms with Crippen molar-refractivity contribution in [3.05, 3.63) is 35.6 Å². The van der Waals surface area contributed by atoms with Crippen molar-refractivity contribution in [2.24, 2.45) is 0 Å². The Morgan fingerprint density at radius 2 is 1.65 bits per heavy atom. The Hall–Kier alpha value is -1.99. The van der Waals surface area contributed by atoms with Crippen LogP contribution in [0.3, 0.4) is 0 Å². The maximum Gasteiger partial charge on any atom is 0.234 e. The molecule has 144 valence electrons. The third-order valence-corrected chi connectivity index (χ3v) is 4.65. The van der Waals surface area contributed by atoms with Gasteiger partial charge in [0.2, 0.25) is 11.8 Å². The van der Waals surface area contributed by atoms with Crippen LogP contribution in [0.25, 0.3) is 0 Å². The predicted molar refractivity (Wildman–Crippen MR) is 99.0 cm³/mol. The van der Waals surface area contributed by atoms with E-state index in [0.717, 1.165) is 32.6 Å². The summed E-state index contributed by atoms with van der Waals surface area (Å²) < 4.78 is 13.5. The van der Waals surface area contributed by atoms with E-state index in [1.807, 2.05) is 13.8 Å². The summed E-state index contributed by atoms with van der Waals surface area (Å²) in [7, 11) is 0. The fourth-order valence-corrected chi connectivity index (χ4v) is 2.83. The lowest BCUT2D eigenvalue weighted by Gasteiger charge is -2.34. The molecule has 6 nitrogen and oxygen atoms in total. The molecule has 0 aliphatic carbocycles. The molecule has 1 atom stereocenters. The minimum Gasteiger partial charge on any atom is -0.353 e. The highest BCUT2D eigenvalue weighted by atomic mass is 19.1. The molecule has 2 N–H and O–H groups in total. The number of hydrogen-bond acceptors (Lipinski definition) is 4. The zero-order valence-electron chi connectivity index (χ0n) is 15.6. The van der Waals surface area contributed by atoms with Gasteiger partial charge in [0.25, 0.3) is 0 Å². The van der Waals surface area contributed by atoms with Gasteiger partial charge in [-0.25, -0.2) is 4.39 Å². The Bertz CT molecular complexity index is 603. The van der Waals surface area contributed by atoms with Gasteiger partial charge >= 0.3 is 0 Å². The van der Waals surface area contributed by atoms with Crippen LogP contribution in [0.15, 0.2) is 24.3 Å². The largest absolute Gasteiger partial charge is 0.353 e. The van der Waals surface area contributed by atoms with E-state index >= 15 is 0 Å². The van der Waals surface area contributed by atoms with Crippen molar-refractivity contribution in [1.29, 1.82) is 0 Å². The standard InChI is InChI=1S/C19H29FN4O2/c1-3-15(2)22-19(26)14-24-10-8-23(9-11-24)13-18(25)21-12-16-6-4-5-7-17(16)20/h4-7,15H,3,8-14H2,1-2H3,(H,21,25)(H,22,26). The monoisotopic (exact) mass is 364 g/mol. The lowest BCUT2D eigenvalue weighted by Crippen LogP contribution is -2.52. The van der Waals surface area contributed by atoms with E-state index in [1.54, 1.807) is 18.2 Å². The number of amides is 2. The second-order valence-electron chi connectivity index (χ2n) is 6.80. The summed E-state index contributed by atoms with van der Waals surface area (Å²) in [5.74, 6) is -0.372. The van der Waals surface area contributed by atoms with Crippen LogP contribution in [-0.2, 0) is 16.1 Å². The molecule has 0 spiro atoms. The lowest BCUT2D eigenvalue weighted by atomic mass is 10.2. The number of piperazine rings is 1. The van der Waals surface area contributed by atoms with E-state index in [0.29, 0.717) is 18.7 Å². The Kier molecular flexibility index (Phi) is 8.00. The lowest BCUT2D eigenvalue weighted by molar-refractivity contribution is -0.125. The van der Waals surface area contributed by atoms with Gasteiger partial charge < -0.3 is 10.6 Å². The Balaban J connectivity index is 1.66. The average Bonchev–Trinajstić information content (AvgIpc) is 2.62. The number of carbonyl (C=O) groups excluding carboxylic acids is 2. The first-order chi connectivity index (χ1) is 12.5. The third kappa shape index (κ3) is 6.72. The molecule has 2 rings (SSSR count). The molecule has 2 amide bonds. The summed E-state index contributed by atoms with van der Waals surface area (Å²) >= 11 is 0. The quantitative estimate of drug-likeness (QED) is 0.722. The molecule has 26 heavy (non-hydrogen) atoms. The van der Waals surface area contributed by atoms with Gasteiger partial charge in [0.1, 0.15) is 5.82 Å². The fraction of sp³-hybridized carbons (Fsp3) is 0.579. The molecule has 1 aromatic carbocycles. The predicted octanol–water partition coefficient (Wildman–Crippen LogP) is 0.974. The van der Waals surface area contributed by atoms with E-state index < -0.39 is 0 Å². The third-order valence-electron chi connectivity index (χ3n) is 4.65. The van der Waals surface area contributed by atoms with Crippen LogP contribution >= 0.6 is 0 Å². The second kappa shape index (κ2) is 10.2. The Labute approximate surface area is 154 Å². The molecular formula is C19H29FN4O2. The van der Waals surface area contributed by atoms with Crippen LogP contribution < -0.4 is 10.6 Å². The van der Waals surface area contributed by atoms with Crippen molar-refractivity contribution in [3.63, 3.8) is 0 Å². The van der Waals surface area contributed by atoms with Crippen LogP contribution in [0.2, 0.25) is 0 Å². The van der Waals surface area contributed by atoms with Crippen molar-refractivity contribution >= 4 is 11.8 Å². The summed E-state index contributed by atoms with van der Waals surface area (Å²) in [6, 6.07) is 6.63. The zero-order chi connectivity index (χ0) is 18.9. The molecule has 0 aromatic heterocycles. The number of halogens is 1. The first kappa shape index (κ1) is 20.3. The molecular weight excluding hydrogens is 335 g/mol. The van der Waals surface area contributed by atoms with Crippen LogP contribution in [0, 0.1) is 5.82 Å². The number of hydrogen-bond donors (Lipinski definition) is 2. The van der Waals surface area contributed by atoms with Crippen LogP contribution in [0.5, 0.6) is 0 Å². The molecule has 7 heteroatoms.